The first kappa shape index (κ1) is 14.5. The maximum atomic E-state index is 12.5. The molecule has 1 aliphatic heterocycles. The summed E-state index contributed by atoms with van der Waals surface area (Å²) < 4.78 is 26.7. The molecule has 1 saturated heterocycles. The number of nitrogens with zero attached hydrogens (tertiary/aromatic N) is 1. The highest BCUT2D eigenvalue weighted by atomic mass is 79.9. The van der Waals surface area contributed by atoms with Gasteiger partial charge in [-0.1, -0.05) is 15.9 Å². The average Bonchev–Trinajstić information content (AvgIpc) is 2.76. The largest absolute Gasteiger partial charge is 0.480 e. The van der Waals surface area contributed by atoms with Gasteiger partial charge in [-0.3, -0.25) is 4.79 Å². The Bertz CT molecular complexity index is 594. The molecule has 104 valence electrons. The Morgan fingerprint density at radius 3 is 2.68 bits per heavy atom. The molecule has 1 aromatic carbocycles. The molecule has 1 unspecified atom stereocenters. The highest BCUT2D eigenvalue weighted by molar-refractivity contribution is 9.10. The molecule has 0 aromatic heterocycles. The van der Waals surface area contributed by atoms with Gasteiger partial charge in [-0.15, -0.1) is 0 Å². The van der Waals surface area contributed by atoms with E-state index in [0.29, 0.717) is 17.3 Å². The maximum absolute atomic E-state index is 12.5. The van der Waals surface area contributed by atoms with Crippen molar-refractivity contribution in [1.29, 1.82) is 0 Å². The molecule has 5 nitrogen and oxygen atoms in total. The molecule has 1 aliphatic rings. The molecule has 0 aliphatic carbocycles. The van der Waals surface area contributed by atoms with Crippen LogP contribution in [0.4, 0.5) is 0 Å². The molecule has 1 heterocycles. The molecule has 0 radical (unpaired) electrons. The van der Waals surface area contributed by atoms with E-state index < -0.39 is 22.0 Å². The number of carboxylic acid groups (broad SMARTS) is 1. The highest BCUT2D eigenvalue weighted by Gasteiger charge is 2.39. The van der Waals surface area contributed by atoms with Crippen LogP contribution in [0.15, 0.2) is 27.6 Å². The Morgan fingerprint density at radius 2 is 2.11 bits per heavy atom. The van der Waals surface area contributed by atoms with Crippen molar-refractivity contribution >= 4 is 31.9 Å². The minimum absolute atomic E-state index is 0.132. The van der Waals surface area contributed by atoms with E-state index in [2.05, 4.69) is 15.9 Å². The summed E-state index contributed by atoms with van der Waals surface area (Å²) in [7, 11) is -3.76. The lowest BCUT2D eigenvalue weighted by Gasteiger charge is -2.21. The average molecular weight is 348 g/mol. The van der Waals surface area contributed by atoms with E-state index in [4.69, 9.17) is 5.11 Å². The van der Waals surface area contributed by atoms with Gasteiger partial charge in [0, 0.05) is 11.0 Å². The van der Waals surface area contributed by atoms with Crippen molar-refractivity contribution in [2.45, 2.75) is 30.7 Å². The number of carboxylic acids is 1. The molecule has 0 bridgehead atoms. The Kier molecular flexibility index (Phi) is 3.98. The van der Waals surface area contributed by atoms with Gasteiger partial charge < -0.3 is 5.11 Å². The van der Waals surface area contributed by atoms with E-state index in [0.717, 1.165) is 9.87 Å². The van der Waals surface area contributed by atoms with Gasteiger partial charge in [-0.25, -0.2) is 8.42 Å². The van der Waals surface area contributed by atoms with Gasteiger partial charge in [0.2, 0.25) is 10.0 Å². The van der Waals surface area contributed by atoms with Crippen LogP contribution < -0.4 is 0 Å². The number of aryl methyl sites for hydroxylation is 1. The summed E-state index contributed by atoms with van der Waals surface area (Å²) in [5.74, 6) is -1.09. The van der Waals surface area contributed by atoms with Crippen molar-refractivity contribution in [2.75, 3.05) is 6.54 Å². The second kappa shape index (κ2) is 5.22. The Hall–Kier alpha value is -0.920. The van der Waals surface area contributed by atoms with Crippen LogP contribution in [-0.2, 0) is 14.8 Å². The molecule has 7 heteroatoms. The lowest BCUT2D eigenvalue weighted by molar-refractivity contribution is -0.140. The van der Waals surface area contributed by atoms with Gasteiger partial charge in [0.25, 0.3) is 0 Å². The molecule has 1 N–H and O–H groups in total. The van der Waals surface area contributed by atoms with Crippen molar-refractivity contribution in [2.24, 2.45) is 0 Å². The lowest BCUT2D eigenvalue weighted by Crippen LogP contribution is -2.40. The van der Waals surface area contributed by atoms with Crippen LogP contribution in [0.5, 0.6) is 0 Å². The molecule has 1 aromatic rings. The standard InChI is InChI=1S/C12H14BrNO4S/c1-8-5-9(13)7-10(6-8)19(17,18)14-4-2-3-11(14)12(15)16/h5-7,11H,2-4H2,1H3,(H,15,16). The normalized spacial score (nSPS) is 20.6. The summed E-state index contributed by atoms with van der Waals surface area (Å²) in [5, 5.41) is 9.09. The SMILES string of the molecule is Cc1cc(Br)cc(S(=O)(=O)N2CCCC2C(=O)O)c1. The second-order valence-electron chi connectivity index (χ2n) is 4.58. The Morgan fingerprint density at radius 1 is 1.42 bits per heavy atom. The molecule has 0 amide bonds. The first-order chi connectivity index (χ1) is 8.82. The third-order valence-corrected chi connectivity index (χ3v) is 5.45. The van der Waals surface area contributed by atoms with Crippen LogP contribution in [0.25, 0.3) is 0 Å². The van der Waals surface area contributed by atoms with Gasteiger partial charge in [-0.2, -0.15) is 4.31 Å². The zero-order chi connectivity index (χ0) is 14.2. The van der Waals surface area contributed by atoms with Crippen molar-refractivity contribution in [3.63, 3.8) is 0 Å². The first-order valence-electron chi connectivity index (χ1n) is 5.84. The van der Waals surface area contributed by atoms with Crippen LogP contribution in [0.1, 0.15) is 18.4 Å². The maximum Gasteiger partial charge on any atom is 0.322 e. The van der Waals surface area contributed by atoms with Crippen molar-refractivity contribution in [3.8, 4) is 0 Å². The van der Waals surface area contributed by atoms with Gasteiger partial charge in [-0.05, 0) is 43.5 Å². The van der Waals surface area contributed by atoms with Gasteiger partial charge in [0.15, 0.2) is 0 Å². The predicted molar refractivity (Wildman–Crippen MR) is 73.4 cm³/mol. The zero-order valence-electron chi connectivity index (χ0n) is 10.3. The third-order valence-electron chi connectivity index (χ3n) is 3.11. The Labute approximate surface area is 120 Å². The fraction of sp³-hybridized carbons (Fsp3) is 0.417. The number of benzene rings is 1. The number of carbonyl (C=O) groups is 1. The fourth-order valence-corrected chi connectivity index (χ4v) is 4.80. The van der Waals surface area contributed by atoms with Crippen molar-refractivity contribution in [3.05, 3.63) is 28.2 Å². The summed E-state index contributed by atoms with van der Waals surface area (Å²) in [6.45, 7) is 2.05. The van der Waals surface area contributed by atoms with Crippen molar-refractivity contribution in [1.82, 2.24) is 4.31 Å². The number of sulfonamides is 1. The van der Waals surface area contributed by atoms with Gasteiger partial charge in [0.05, 0.1) is 4.90 Å². The number of aliphatic carboxylic acids is 1. The molecule has 2 rings (SSSR count). The second-order valence-corrected chi connectivity index (χ2v) is 7.38. The zero-order valence-corrected chi connectivity index (χ0v) is 12.7. The van der Waals surface area contributed by atoms with E-state index in [1.807, 2.05) is 0 Å². The Balaban J connectivity index is 2.44. The van der Waals surface area contributed by atoms with Gasteiger partial charge in [0.1, 0.15) is 6.04 Å². The van der Waals surface area contributed by atoms with Crippen LogP contribution in [-0.4, -0.2) is 36.4 Å². The van der Waals surface area contributed by atoms with Crippen LogP contribution in [0.2, 0.25) is 0 Å². The minimum atomic E-state index is -3.76. The third kappa shape index (κ3) is 2.82. The van der Waals surface area contributed by atoms with E-state index in [1.165, 1.54) is 6.07 Å². The molecular formula is C12H14BrNO4S. The summed E-state index contributed by atoms with van der Waals surface area (Å²) in [5.41, 5.74) is 0.805. The van der Waals surface area contributed by atoms with E-state index >= 15 is 0 Å². The van der Waals surface area contributed by atoms with Gasteiger partial charge >= 0.3 is 5.97 Å². The summed E-state index contributed by atoms with van der Waals surface area (Å²) in [6, 6.07) is 3.90. The highest BCUT2D eigenvalue weighted by Crippen LogP contribution is 2.28. The molecule has 1 atom stereocenters. The lowest BCUT2D eigenvalue weighted by atomic mass is 10.2. The molecule has 0 saturated carbocycles. The number of rotatable bonds is 3. The minimum Gasteiger partial charge on any atom is -0.480 e. The predicted octanol–water partition coefficient (Wildman–Crippen LogP) is 2.00. The number of hydrogen-bond acceptors (Lipinski definition) is 3. The van der Waals surface area contributed by atoms with Crippen LogP contribution in [0, 0.1) is 6.92 Å². The summed E-state index contributed by atoms with van der Waals surface area (Å²) >= 11 is 3.26. The first-order valence-corrected chi connectivity index (χ1v) is 8.07. The number of halogens is 1. The van der Waals surface area contributed by atoms with Crippen molar-refractivity contribution < 1.29 is 18.3 Å². The topological polar surface area (TPSA) is 74.7 Å². The van der Waals surface area contributed by atoms with E-state index in [-0.39, 0.29) is 11.4 Å². The smallest absolute Gasteiger partial charge is 0.322 e. The van der Waals surface area contributed by atoms with Crippen LogP contribution >= 0.6 is 15.9 Å². The van der Waals surface area contributed by atoms with Crippen LogP contribution in [0.3, 0.4) is 0 Å². The number of hydrogen-bond donors (Lipinski definition) is 1. The fourth-order valence-electron chi connectivity index (χ4n) is 2.26. The molecule has 19 heavy (non-hydrogen) atoms. The van der Waals surface area contributed by atoms with E-state index in [9.17, 15) is 13.2 Å². The molecule has 0 spiro atoms. The molecule has 1 fully saturated rings. The monoisotopic (exact) mass is 347 g/mol. The van der Waals surface area contributed by atoms with E-state index in [1.54, 1.807) is 19.1 Å². The quantitative estimate of drug-likeness (QED) is 0.907. The summed E-state index contributed by atoms with van der Waals surface area (Å²) in [6.07, 6.45) is 0.935. The molecular weight excluding hydrogens is 334 g/mol. The summed E-state index contributed by atoms with van der Waals surface area (Å²) in [4.78, 5) is 11.2.